The van der Waals surface area contributed by atoms with Gasteiger partial charge in [0.15, 0.2) is 0 Å². The highest BCUT2D eigenvalue weighted by Crippen LogP contribution is 2.24. The minimum Gasteiger partial charge on any atom is -0.324 e. The number of nitrogens with two attached hydrogens (primary N) is 1. The third kappa shape index (κ3) is 5.69. The molecule has 2 N–H and O–H groups in total. The molecule has 0 spiro atoms. The summed E-state index contributed by atoms with van der Waals surface area (Å²) < 4.78 is 37.5. The van der Waals surface area contributed by atoms with Crippen LogP contribution in [-0.2, 0) is 0 Å². The Labute approximate surface area is 122 Å². The summed E-state index contributed by atoms with van der Waals surface area (Å²) in [5, 5.41) is 0.548. The molecule has 0 heterocycles. The van der Waals surface area contributed by atoms with E-state index in [1.165, 1.54) is 4.90 Å². The Morgan fingerprint density at radius 3 is 2.35 bits per heavy atom. The molecule has 0 bridgehead atoms. The highest BCUT2D eigenvalue weighted by molar-refractivity contribution is 6.31. The van der Waals surface area contributed by atoms with Crippen LogP contribution in [0.4, 0.5) is 13.2 Å². The van der Waals surface area contributed by atoms with E-state index in [0.29, 0.717) is 11.4 Å². The predicted octanol–water partition coefficient (Wildman–Crippen LogP) is 4.00. The van der Waals surface area contributed by atoms with Crippen LogP contribution < -0.4 is 5.73 Å². The summed E-state index contributed by atoms with van der Waals surface area (Å²) in [6.45, 7) is 2.85. The maximum atomic E-state index is 12.5. The molecule has 0 saturated heterocycles. The van der Waals surface area contributed by atoms with E-state index in [9.17, 15) is 13.2 Å². The minimum atomic E-state index is -4.20. The first-order valence-electron chi connectivity index (χ1n) is 6.51. The van der Waals surface area contributed by atoms with Crippen molar-refractivity contribution in [2.24, 2.45) is 5.73 Å². The van der Waals surface area contributed by atoms with Gasteiger partial charge in [-0.25, -0.2) is 0 Å². The van der Waals surface area contributed by atoms with Gasteiger partial charge in [-0.15, -0.1) is 0 Å². The van der Waals surface area contributed by atoms with Crippen molar-refractivity contribution in [2.75, 3.05) is 13.1 Å². The van der Waals surface area contributed by atoms with Crippen molar-refractivity contribution in [2.45, 2.75) is 38.5 Å². The molecule has 114 valence electrons. The molecule has 0 aliphatic carbocycles. The van der Waals surface area contributed by atoms with E-state index < -0.39 is 12.7 Å². The number of hydrogen-bond donors (Lipinski definition) is 1. The van der Waals surface area contributed by atoms with Crippen LogP contribution in [0.15, 0.2) is 24.3 Å². The van der Waals surface area contributed by atoms with Gasteiger partial charge in [0, 0.05) is 23.7 Å². The fraction of sp³-hybridized carbons (Fsp3) is 0.571. The molecule has 1 aromatic carbocycles. The number of benzene rings is 1. The number of nitrogens with zero attached hydrogens (tertiary/aromatic N) is 1. The number of rotatable bonds is 6. The van der Waals surface area contributed by atoms with E-state index in [4.69, 9.17) is 17.3 Å². The standard InChI is InChI=1S/C14H20ClF3N2/c1-10(2)20(9-14(16,17)18)8-7-13(19)11-5-3-4-6-12(11)15/h3-6,10,13H,7-9,19H2,1-2H3. The lowest BCUT2D eigenvalue weighted by Crippen LogP contribution is -2.40. The van der Waals surface area contributed by atoms with Crippen LogP contribution in [0.2, 0.25) is 5.02 Å². The smallest absolute Gasteiger partial charge is 0.324 e. The van der Waals surface area contributed by atoms with Gasteiger partial charge >= 0.3 is 6.18 Å². The van der Waals surface area contributed by atoms with Gasteiger partial charge in [0.05, 0.1) is 6.54 Å². The molecule has 0 radical (unpaired) electrons. The fourth-order valence-corrected chi connectivity index (χ4v) is 2.26. The minimum absolute atomic E-state index is 0.185. The van der Waals surface area contributed by atoms with E-state index in [1.807, 2.05) is 6.07 Å². The Morgan fingerprint density at radius 1 is 1.25 bits per heavy atom. The predicted molar refractivity (Wildman–Crippen MR) is 75.8 cm³/mol. The normalized spacial score (nSPS) is 14.1. The average Bonchev–Trinajstić information content (AvgIpc) is 2.33. The Hall–Kier alpha value is -0.780. The number of halogens is 4. The lowest BCUT2D eigenvalue weighted by Gasteiger charge is -2.28. The zero-order chi connectivity index (χ0) is 15.3. The van der Waals surface area contributed by atoms with Crippen molar-refractivity contribution in [3.05, 3.63) is 34.9 Å². The SMILES string of the molecule is CC(C)N(CCC(N)c1ccccc1Cl)CC(F)(F)F. The van der Waals surface area contributed by atoms with Gasteiger partial charge in [-0.3, -0.25) is 4.90 Å². The Balaban J connectivity index is 2.61. The van der Waals surface area contributed by atoms with Crippen LogP contribution in [0.3, 0.4) is 0 Å². The molecule has 1 aromatic rings. The Morgan fingerprint density at radius 2 is 1.85 bits per heavy atom. The molecule has 0 saturated carbocycles. The lowest BCUT2D eigenvalue weighted by molar-refractivity contribution is -0.149. The average molecular weight is 309 g/mol. The molecule has 0 aliphatic rings. The van der Waals surface area contributed by atoms with Crippen molar-refractivity contribution in [3.8, 4) is 0 Å². The van der Waals surface area contributed by atoms with Crippen molar-refractivity contribution >= 4 is 11.6 Å². The van der Waals surface area contributed by atoms with Gasteiger partial charge in [-0.2, -0.15) is 13.2 Å². The maximum Gasteiger partial charge on any atom is 0.401 e. The zero-order valence-corrected chi connectivity index (χ0v) is 12.4. The summed E-state index contributed by atoms with van der Waals surface area (Å²) in [4.78, 5) is 1.37. The molecule has 0 fully saturated rings. The van der Waals surface area contributed by atoms with Crippen LogP contribution in [0, 0.1) is 0 Å². The number of alkyl halides is 3. The molecule has 1 unspecified atom stereocenters. The van der Waals surface area contributed by atoms with Gasteiger partial charge in [0.25, 0.3) is 0 Å². The monoisotopic (exact) mass is 308 g/mol. The summed E-state index contributed by atoms with van der Waals surface area (Å²) in [5.41, 5.74) is 6.78. The fourth-order valence-electron chi connectivity index (χ4n) is 1.99. The van der Waals surface area contributed by atoms with E-state index in [2.05, 4.69) is 0 Å². The van der Waals surface area contributed by atoms with Gasteiger partial charge in [-0.1, -0.05) is 29.8 Å². The molecule has 0 aliphatic heterocycles. The van der Waals surface area contributed by atoms with Crippen LogP contribution in [0.25, 0.3) is 0 Å². The lowest BCUT2D eigenvalue weighted by atomic mass is 10.0. The molecule has 20 heavy (non-hydrogen) atoms. The molecule has 0 amide bonds. The van der Waals surface area contributed by atoms with Gasteiger partial charge in [0.1, 0.15) is 0 Å². The topological polar surface area (TPSA) is 29.3 Å². The first-order valence-corrected chi connectivity index (χ1v) is 6.89. The summed E-state index contributed by atoms with van der Waals surface area (Å²) in [7, 11) is 0. The van der Waals surface area contributed by atoms with Crippen LogP contribution in [0.5, 0.6) is 0 Å². The Bertz CT molecular complexity index is 421. The third-order valence-corrected chi connectivity index (χ3v) is 3.49. The molecule has 6 heteroatoms. The van der Waals surface area contributed by atoms with Crippen LogP contribution >= 0.6 is 11.6 Å². The Kier molecular flexibility index (Phi) is 6.30. The first-order chi connectivity index (χ1) is 9.20. The van der Waals surface area contributed by atoms with E-state index in [0.717, 1.165) is 5.56 Å². The van der Waals surface area contributed by atoms with Crippen LogP contribution in [-0.4, -0.2) is 30.2 Å². The molecule has 1 rings (SSSR count). The summed E-state index contributed by atoms with van der Waals surface area (Å²) in [5.74, 6) is 0. The number of hydrogen-bond acceptors (Lipinski definition) is 2. The van der Waals surface area contributed by atoms with Crippen molar-refractivity contribution in [1.29, 1.82) is 0 Å². The van der Waals surface area contributed by atoms with E-state index >= 15 is 0 Å². The highest BCUT2D eigenvalue weighted by atomic mass is 35.5. The van der Waals surface area contributed by atoms with Crippen molar-refractivity contribution in [3.63, 3.8) is 0 Å². The quantitative estimate of drug-likeness (QED) is 0.860. The van der Waals surface area contributed by atoms with Crippen molar-refractivity contribution < 1.29 is 13.2 Å². The largest absolute Gasteiger partial charge is 0.401 e. The third-order valence-electron chi connectivity index (χ3n) is 3.14. The molecule has 1 atom stereocenters. The second-order valence-corrected chi connectivity index (χ2v) is 5.50. The van der Waals surface area contributed by atoms with Crippen molar-refractivity contribution in [1.82, 2.24) is 4.90 Å². The maximum absolute atomic E-state index is 12.5. The second kappa shape index (κ2) is 7.29. The molecule has 0 aromatic heterocycles. The summed E-state index contributed by atoms with van der Waals surface area (Å²) >= 11 is 6.03. The van der Waals surface area contributed by atoms with Gasteiger partial charge in [-0.05, 0) is 31.9 Å². The molecule has 2 nitrogen and oxygen atoms in total. The van der Waals surface area contributed by atoms with E-state index in [1.54, 1.807) is 32.0 Å². The van der Waals surface area contributed by atoms with Gasteiger partial charge in [0.2, 0.25) is 0 Å². The van der Waals surface area contributed by atoms with Gasteiger partial charge < -0.3 is 5.73 Å². The zero-order valence-electron chi connectivity index (χ0n) is 11.6. The summed E-state index contributed by atoms with van der Waals surface area (Å²) in [6, 6.07) is 6.59. The molecular weight excluding hydrogens is 289 g/mol. The van der Waals surface area contributed by atoms with E-state index in [-0.39, 0.29) is 18.6 Å². The van der Waals surface area contributed by atoms with Crippen LogP contribution in [0.1, 0.15) is 31.9 Å². The first kappa shape index (κ1) is 17.3. The highest BCUT2D eigenvalue weighted by Gasteiger charge is 2.31. The summed E-state index contributed by atoms with van der Waals surface area (Å²) in [6.07, 6.45) is -3.77. The second-order valence-electron chi connectivity index (χ2n) is 5.10. The molecular formula is C14H20ClF3N2.